The van der Waals surface area contributed by atoms with E-state index in [1.807, 2.05) is 45.2 Å². The molecule has 2 amide bonds. The molecule has 1 fully saturated rings. The number of carbonyl (C=O) groups excluding carboxylic acids is 2. The van der Waals surface area contributed by atoms with Gasteiger partial charge in [0.1, 0.15) is 5.75 Å². The number of benzene rings is 1. The van der Waals surface area contributed by atoms with Crippen LogP contribution in [0.15, 0.2) is 17.0 Å². The maximum atomic E-state index is 12.0. The predicted molar refractivity (Wildman–Crippen MR) is 91.9 cm³/mol. The highest BCUT2D eigenvalue weighted by Crippen LogP contribution is 2.34. The van der Waals surface area contributed by atoms with E-state index in [1.54, 1.807) is 25.1 Å². The molecule has 0 spiro atoms. The molecule has 0 radical (unpaired) electrons. The summed E-state index contributed by atoms with van der Waals surface area (Å²) in [5.74, 6) is -0.0180. The Balaban J connectivity index is 2.38. The van der Waals surface area contributed by atoms with Gasteiger partial charge in [-0.3, -0.25) is 14.5 Å². The average molecular weight is 501 g/mol. The topological polar surface area (TPSA) is 57.6 Å². The first kappa shape index (κ1) is 15.1. The summed E-state index contributed by atoms with van der Waals surface area (Å²) >= 11 is 5.01. The van der Waals surface area contributed by atoms with Crippen molar-refractivity contribution in [1.29, 1.82) is 0 Å². The molecule has 100 valence electrons. The zero-order chi connectivity index (χ0) is 14.2. The molecule has 1 aliphatic heterocycles. The first-order valence-corrected chi connectivity index (χ1v) is 8.34. The van der Waals surface area contributed by atoms with Crippen LogP contribution in [-0.4, -0.2) is 27.7 Å². The van der Waals surface area contributed by atoms with Gasteiger partial charge in [-0.05, 0) is 87.6 Å². The number of phenolic OH excluding ortho intramolecular Hbond substituents is 1. The van der Waals surface area contributed by atoms with E-state index in [9.17, 15) is 14.7 Å². The number of carbonyl (C=O) groups is 2. The molecule has 0 bridgehead atoms. The standard InChI is InChI=1S/C12H9I2NO3S/c1-2-15-11(17)9(19-12(15)18)5-6-3-7(13)10(16)8(14)4-6/h3-5,16H,2H2,1H3/b9-5+. The van der Waals surface area contributed by atoms with Crippen LogP contribution in [0.3, 0.4) is 0 Å². The quantitative estimate of drug-likeness (QED) is 0.497. The lowest BCUT2D eigenvalue weighted by molar-refractivity contribution is -0.122. The van der Waals surface area contributed by atoms with Crippen LogP contribution >= 0.6 is 56.9 Å². The number of hydrogen-bond acceptors (Lipinski definition) is 4. The lowest BCUT2D eigenvalue weighted by Gasteiger charge is -2.07. The third-order valence-electron chi connectivity index (χ3n) is 2.53. The minimum Gasteiger partial charge on any atom is -0.506 e. The van der Waals surface area contributed by atoms with Crippen molar-refractivity contribution < 1.29 is 14.7 Å². The fourth-order valence-electron chi connectivity index (χ4n) is 1.59. The van der Waals surface area contributed by atoms with Crippen molar-refractivity contribution in [2.24, 2.45) is 0 Å². The lowest BCUT2D eigenvalue weighted by atomic mass is 10.2. The SMILES string of the molecule is CCN1C(=O)S/C(=C/c2cc(I)c(O)c(I)c2)C1=O. The first-order chi connectivity index (χ1) is 8.93. The monoisotopic (exact) mass is 501 g/mol. The molecule has 0 aliphatic carbocycles. The molecule has 1 aromatic rings. The van der Waals surface area contributed by atoms with E-state index in [0.717, 1.165) is 17.3 Å². The van der Waals surface area contributed by atoms with Gasteiger partial charge in [-0.1, -0.05) is 0 Å². The zero-order valence-electron chi connectivity index (χ0n) is 9.81. The van der Waals surface area contributed by atoms with Crippen LogP contribution in [0.25, 0.3) is 6.08 Å². The molecule has 1 aromatic carbocycles. The second-order valence-electron chi connectivity index (χ2n) is 3.76. The molecule has 1 N–H and O–H groups in total. The number of aromatic hydroxyl groups is 1. The third-order valence-corrected chi connectivity index (χ3v) is 5.08. The summed E-state index contributed by atoms with van der Waals surface area (Å²) in [6, 6.07) is 3.55. The minimum absolute atomic E-state index is 0.234. The number of imide groups is 1. The van der Waals surface area contributed by atoms with E-state index < -0.39 is 0 Å². The Bertz CT molecular complexity index is 578. The van der Waals surface area contributed by atoms with Crippen molar-refractivity contribution in [2.45, 2.75) is 6.92 Å². The molecular formula is C12H9I2NO3S. The van der Waals surface area contributed by atoms with Crippen LogP contribution in [0.5, 0.6) is 5.75 Å². The molecule has 1 saturated heterocycles. The van der Waals surface area contributed by atoms with Crippen LogP contribution in [0.1, 0.15) is 12.5 Å². The number of nitrogens with zero attached hydrogens (tertiary/aromatic N) is 1. The van der Waals surface area contributed by atoms with Gasteiger partial charge in [0.25, 0.3) is 11.1 Å². The largest absolute Gasteiger partial charge is 0.506 e. The van der Waals surface area contributed by atoms with Crippen molar-refractivity contribution in [1.82, 2.24) is 4.90 Å². The second kappa shape index (κ2) is 6.00. The van der Waals surface area contributed by atoms with Gasteiger partial charge in [0.2, 0.25) is 0 Å². The number of rotatable bonds is 2. The molecular weight excluding hydrogens is 492 g/mol. The first-order valence-electron chi connectivity index (χ1n) is 5.37. The molecule has 0 atom stereocenters. The third kappa shape index (κ3) is 3.07. The summed E-state index contributed by atoms with van der Waals surface area (Å²) in [7, 11) is 0. The summed E-state index contributed by atoms with van der Waals surface area (Å²) in [6.07, 6.45) is 1.68. The maximum Gasteiger partial charge on any atom is 0.293 e. The van der Waals surface area contributed by atoms with Crippen molar-refractivity contribution in [3.8, 4) is 5.75 Å². The lowest BCUT2D eigenvalue weighted by Crippen LogP contribution is -2.27. The van der Waals surface area contributed by atoms with Gasteiger partial charge in [0.15, 0.2) is 0 Å². The van der Waals surface area contributed by atoms with E-state index in [2.05, 4.69) is 0 Å². The molecule has 2 rings (SSSR count). The van der Waals surface area contributed by atoms with Crippen LogP contribution in [0.4, 0.5) is 4.79 Å². The van der Waals surface area contributed by atoms with Crippen molar-refractivity contribution >= 4 is 74.2 Å². The predicted octanol–water partition coefficient (Wildman–Crippen LogP) is 3.66. The Morgan fingerprint density at radius 2 is 1.89 bits per heavy atom. The summed E-state index contributed by atoms with van der Waals surface area (Å²) in [4.78, 5) is 25.2. The fraction of sp³-hybridized carbons (Fsp3) is 0.167. The number of halogens is 2. The fourth-order valence-corrected chi connectivity index (χ4v) is 4.31. The number of thioether (sulfide) groups is 1. The van der Waals surface area contributed by atoms with Crippen LogP contribution < -0.4 is 0 Å². The second-order valence-corrected chi connectivity index (χ2v) is 7.08. The Labute approximate surface area is 141 Å². The van der Waals surface area contributed by atoms with Gasteiger partial charge >= 0.3 is 0 Å². The van der Waals surface area contributed by atoms with E-state index in [-0.39, 0.29) is 16.9 Å². The normalized spacial score (nSPS) is 17.6. The minimum atomic E-state index is -0.254. The van der Waals surface area contributed by atoms with Gasteiger partial charge in [0, 0.05) is 6.54 Å². The molecule has 0 unspecified atom stereocenters. The van der Waals surface area contributed by atoms with E-state index in [4.69, 9.17) is 0 Å². The van der Waals surface area contributed by atoms with E-state index in [0.29, 0.717) is 18.6 Å². The zero-order valence-corrected chi connectivity index (χ0v) is 14.9. The average Bonchev–Trinajstić information content (AvgIpc) is 2.61. The highest BCUT2D eigenvalue weighted by Gasteiger charge is 2.33. The van der Waals surface area contributed by atoms with Crippen molar-refractivity contribution in [3.05, 3.63) is 29.7 Å². The van der Waals surface area contributed by atoms with Gasteiger partial charge < -0.3 is 5.11 Å². The molecule has 0 aromatic heterocycles. The Morgan fingerprint density at radius 3 is 2.37 bits per heavy atom. The molecule has 4 nitrogen and oxygen atoms in total. The number of hydrogen-bond donors (Lipinski definition) is 1. The molecule has 1 heterocycles. The van der Waals surface area contributed by atoms with E-state index >= 15 is 0 Å². The Kier molecular flexibility index (Phi) is 4.77. The van der Waals surface area contributed by atoms with Gasteiger partial charge in [-0.15, -0.1) is 0 Å². The van der Waals surface area contributed by atoms with E-state index in [1.165, 1.54) is 4.90 Å². The van der Waals surface area contributed by atoms with Crippen molar-refractivity contribution in [3.63, 3.8) is 0 Å². The van der Waals surface area contributed by atoms with Crippen molar-refractivity contribution in [2.75, 3.05) is 6.54 Å². The number of likely N-dealkylation sites (N-methyl/N-ethyl adjacent to an activating group) is 1. The van der Waals surface area contributed by atoms with Gasteiger partial charge in [-0.2, -0.15) is 0 Å². The highest BCUT2D eigenvalue weighted by molar-refractivity contribution is 14.1. The van der Waals surface area contributed by atoms with Crippen LogP contribution in [0.2, 0.25) is 0 Å². The smallest absolute Gasteiger partial charge is 0.293 e. The molecule has 19 heavy (non-hydrogen) atoms. The summed E-state index contributed by atoms with van der Waals surface area (Å²) < 4.78 is 1.43. The number of amides is 2. The molecule has 1 aliphatic rings. The Morgan fingerprint density at radius 1 is 1.32 bits per heavy atom. The Hall–Kier alpha value is -0.290. The summed E-state index contributed by atoms with van der Waals surface area (Å²) in [5.41, 5.74) is 0.799. The van der Waals surface area contributed by atoms with Crippen LogP contribution in [0, 0.1) is 7.14 Å². The maximum absolute atomic E-state index is 12.0. The summed E-state index contributed by atoms with van der Waals surface area (Å²) in [6.45, 7) is 2.15. The molecule has 0 saturated carbocycles. The van der Waals surface area contributed by atoms with Crippen LogP contribution in [-0.2, 0) is 4.79 Å². The summed E-state index contributed by atoms with van der Waals surface area (Å²) in [5, 5.41) is 9.46. The van der Waals surface area contributed by atoms with Gasteiger partial charge in [0.05, 0.1) is 12.0 Å². The highest BCUT2D eigenvalue weighted by atomic mass is 127. The number of phenols is 1. The van der Waals surface area contributed by atoms with Gasteiger partial charge in [-0.25, -0.2) is 0 Å². The molecule has 7 heteroatoms.